The third kappa shape index (κ3) is 3.61. The summed E-state index contributed by atoms with van der Waals surface area (Å²) >= 11 is 0. The second kappa shape index (κ2) is 5.89. The zero-order chi connectivity index (χ0) is 12.1. The van der Waals surface area contributed by atoms with Gasteiger partial charge in [0, 0.05) is 37.1 Å². The first-order chi connectivity index (χ1) is 8.28. The highest BCUT2D eigenvalue weighted by Gasteiger charge is 2.18. The number of hydrogen-bond donors (Lipinski definition) is 3. The highest BCUT2D eigenvalue weighted by atomic mass is 16.3. The van der Waals surface area contributed by atoms with E-state index in [0.717, 1.165) is 43.9 Å². The molecule has 0 spiro atoms. The molecule has 94 valence electrons. The molecule has 4 N–H and O–H groups in total. The van der Waals surface area contributed by atoms with Crippen molar-refractivity contribution < 1.29 is 5.11 Å². The van der Waals surface area contributed by atoms with Crippen LogP contribution < -0.4 is 11.1 Å². The predicted molar refractivity (Wildman–Crippen MR) is 71.0 cm³/mol. The normalized spacial score (nSPS) is 18.2. The number of aliphatic hydroxyl groups is 1. The second-order valence-corrected chi connectivity index (χ2v) is 4.61. The molecule has 0 bridgehead atoms. The average molecular weight is 235 g/mol. The van der Waals surface area contributed by atoms with Gasteiger partial charge >= 0.3 is 0 Å². The molecule has 1 aromatic carbocycles. The first-order valence-electron chi connectivity index (χ1n) is 6.23. The molecular weight excluding hydrogens is 214 g/mol. The Morgan fingerprint density at radius 2 is 1.88 bits per heavy atom. The van der Waals surface area contributed by atoms with Crippen molar-refractivity contribution in [1.29, 1.82) is 0 Å². The van der Waals surface area contributed by atoms with Gasteiger partial charge in [0.05, 0.1) is 6.61 Å². The number of piperidine rings is 1. The Kier molecular flexibility index (Phi) is 4.23. The first-order valence-corrected chi connectivity index (χ1v) is 6.23. The molecule has 4 nitrogen and oxygen atoms in total. The smallest absolute Gasteiger partial charge is 0.0558 e. The molecular formula is C13H21N3O. The van der Waals surface area contributed by atoms with Crippen LogP contribution in [-0.2, 0) is 0 Å². The van der Waals surface area contributed by atoms with Crippen LogP contribution in [0.25, 0.3) is 0 Å². The number of nitrogens with two attached hydrogens (primary N) is 1. The minimum atomic E-state index is 0.260. The van der Waals surface area contributed by atoms with Crippen molar-refractivity contribution in [3.8, 4) is 0 Å². The minimum Gasteiger partial charge on any atom is -0.399 e. The minimum absolute atomic E-state index is 0.260. The molecule has 0 unspecified atom stereocenters. The first kappa shape index (κ1) is 12.2. The maximum absolute atomic E-state index is 8.88. The van der Waals surface area contributed by atoms with Gasteiger partial charge in [0.25, 0.3) is 0 Å². The lowest BCUT2D eigenvalue weighted by Gasteiger charge is -2.32. The van der Waals surface area contributed by atoms with Crippen molar-refractivity contribution in [2.75, 3.05) is 37.3 Å². The number of nitrogen functional groups attached to an aromatic ring is 1. The average Bonchev–Trinajstić information content (AvgIpc) is 2.35. The van der Waals surface area contributed by atoms with E-state index in [0.29, 0.717) is 6.04 Å². The van der Waals surface area contributed by atoms with Crippen molar-refractivity contribution in [3.63, 3.8) is 0 Å². The number of benzene rings is 1. The van der Waals surface area contributed by atoms with Gasteiger partial charge in [-0.25, -0.2) is 0 Å². The van der Waals surface area contributed by atoms with Gasteiger partial charge in [-0.2, -0.15) is 0 Å². The zero-order valence-electron chi connectivity index (χ0n) is 10.1. The zero-order valence-corrected chi connectivity index (χ0v) is 10.1. The Labute approximate surface area is 102 Å². The fourth-order valence-corrected chi connectivity index (χ4v) is 2.26. The van der Waals surface area contributed by atoms with Gasteiger partial charge in [-0.05, 0) is 37.1 Å². The summed E-state index contributed by atoms with van der Waals surface area (Å²) in [5, 5.41) is 12.4. The molecule has 1 aliphatic rings. The lowest BCUT2D eigenvalue weighted by atomic mass is 10.0. The van der Waals surface area contributed by atoms with Gasteiger partial charge in [-0.15, -0.1) is 0 Å². The van der Waals surface area contributed by atoms with Crippen LogP contribution in [0.1, 0.15) is 12.8 Å². The maximum Gasteiger partial charge on any atom is 0.0558 e. The summed E-state index contributed by atoms with van der Waals surface area (Å²) in [5.74, 6) is 0. The molecule has 0 radical (unpaired) electrons. The molecule has 1 saturated heterocycles. The lowest BCUT2D eigenvalue weighted by molar-refractivity contribution is 0.168. The van der Waals surface area contributed by atoms with Crippen LogP contribution in [0.2, 0.25) is 0 Å². The molecule has 1 aromatic rings. The summed E-state index contributed by atoms with van der Waals surface area (Å²) in [4.78, 5) is 2.31. The molecule has 2 rings (SSSR count). The molecule has 4 heteroatoms. The number of likely N-dealkylation sites (tertiary alicyclic amines) is 1. The number of aliphatic hydroxyl groups excluding tert-OH is 1. The molecule has 0 amide bonds. The Morgan fingerprint density at radius 1 is 1.24 bits per heavy atom. The monoisotopic (exact) mass is 235 g/mol. The third-order valence-corrected chi connectivity index (χ3v) is 3.29. The topological polar surface area (TPSA) is 61.5 Å². The number of hydrogen-bond acceptors (Lipinski definition) is 4. The maximum atomic E-state index is 8.88. The van der Waals surface area contributed by atoms with Gasteiger partial charge < -0.3 is 21.1 Å². The summed E-state index contributed by atoms with van der Waals surface area (Å²) in [6.45, 7) is 3.19. The summed E-state index contributed by atoms with van der Waals surface area (Å²) in [6.07, 6.45) is 2.26. The van der Waals surface area contributed by atoms with Crippen LogP contribution in [0.5, 0.6) is 0 Å². The number of nitrogens with zero attached hydrogens (tertiary/aromatic N) is 1. The largest absolute Gasteiger partial charge is 0.399 e. The molecule has 0 aromatic heterocycles. The molecule has 1 aliphatic heterocycles. The summed E-state index contributed by atoms with van der Waals surface area (Å²) in [7, 11) is 0. The molecule has 0 saturated carbocycles. The van der Waals surface area contributed by atoms with Crippen molar-refractivity contribution in [3.05, 3.63) is 24.3 Å². The fraction of sp³-hybridized carbons (Fsp3) is 0.538. The van der Waals surface area contributed by atoms with Crippen molar-refractivity contribution in [2.24, 2.45) is 0 Å². The number of β-amino-alcohol motifs (C(OH)–C–C–N with tert-alkyl or cyclic N) is 1. The molecule has 0 aliphatic carbocycles. The van der Waals surface area contributed by atoms with Crippen LogP contribution in [0.15, 0.2) is 24.3 Å². The number of rotatable bonds is 4. The molecule has 17 heavy (non-hydrogen) atoms. The highest BCUT2D eigenvalue weighted by molar-refractivity contribution is 5.51. The van der Waals surface area contributed by atoms with E-state index >= 15 is 0 Å². The van der Waals surface area contributed by atoms with Crippen molar-refractivity contribution >= 4 is 11.4 Å². The quantitative estimate of drug-likeness (QED) is 0.685. The second-order valence-electron chi connectivity index (χ2n) is 4.61. The summed E-state index contributed by atoms with van der Waals surface area (Å²) < 4.78 is 0. The highest BCUT2D eigenvalue weighted by Crippen LogP contribution is 2.17. The third-order valence-electron chi connectivity index (χ3n) is 3.29. The predicted octanol–water partition coefficient (Wildman–Crippen LogP) is 1.14. The SMILES string of the molecule is Nc1ccc(NC2CCN(CCO)CC2)cc1. The van der Waals surface area contributed by atoms with Crippen LogP contribution in [-0.4, -0.2) is 42.3 Å². The van der Waals surface area contributed by atoms with Crippen molar-refractivity contribution in [1.82, 2.24) is 4.90 Å². The summed E-state index contributed by atoms with van der Waals surface area (Å²) in [6, 6.07) is 8.42. The fourth-order valence-electron chi connectivity index (χ4n) is 2.26. The van der Waals surface area contributed by atoms with Gasteiger partial charge in [-0.1, -0.05) is 0 Å². The Balaban J connectivity index is 1.79. The molecule has 1 fully saturated rings. The van der Waals surface area contributed by atoms with Crippen molar-refractivity contribution in [2.45, 2.75) is 18.9 Å². The van der Waals surface area contributed by atoms with Crippen LogP contribution in [0.4, 0.5) is 11.4 Å². The van der Waals surface area contributed by atoms with E-state index in [1.54, 1.807) is 0 Å². The number of anilines is 2. The van der Waals surface area contributed by atoms with Crippen LogP contribution >= 0.6 is 0 Å². The Bertz CT molecular complexity index is 331. The van der Waals surface area contributed by atoms with Gasteiger partial charge in [0.1, 0.15) is 0 Å². The van der Waals surface area contributed by atoms with E-state index in [9.17, 15) is 0 Å². The Hall–Kier alpha value is -1.26. The van der Waals surface area contributed by atoms with Crippen LogP contribution in [0.3, 0.4) is 0 Å². The van der Waals surface area contributed by atoms with Gasteiger partial charge in [0.15, 0.2) is 0 Å². The van der Waals surface area contributed by atoms with Crippen LogP contribution in [0, 0.1) is 0 Å². The van der Waals surface area contributed by atoms with E-state index in [1.807, 2.05) is 24.3 Å². The van der Waals surface area contributed by atoms with E-state index in [1.165, 1.54) is 0 Å². The van der Waals surface area contributed by atoms with E-state index in [2.05, 4.69) is 10.2 Å². The van der Waals surface area contributed by atoms with Gasteiger partial charge in [0.2, 0.25) is 0 Å². The lowest BCUT2D eigenvalue weighted by Crippen LogP contribution is -2.40. The van der Waals surface area contributed by atoms with Gasteiger partial charge in [-0.3, -0.25) is 0 Å². The van der Waals surface area contributed by atoms with E-state index in [-0.39, 0.29) is 6.61 Å². The molecule has 1 heterocycles. The summed E-state index contributed by atoms with van der Waals surface area (Å²) in [5.41, 5.74) is 7.59. The number of nitrogens with one attached hydrogen (secondary N) is 1. The van der Waals surface area contributed by atoms with E-state index in [4.69, 9.17) is 10.8 Å². The standard InChI is InChI=1S/C13H21N3O/c14-11-1-3-12(4-2-11)15-13-5-7-16(8-6-13)9-10-17/h1-4,13,15,17H,5-10,14H2. The molecule has 0 atom stereocenters. The van der Waals surface area contributed by atoms with E-state index < -0.39 is 0 Å². The Morgan fingerprint density at radius 3 is 2.47 bits per heavy atom.